The van der Waals surface area contributed by atoms with Gasteiger partial charge in [0.25, 0.3) is 0 Å². The molecule has 0 saturated carbocycles. The molecule has 6 heteroatoms. The third kappa shape index (κ3) is 2.91. The number of aromatic hydroxyl groups is 1. The third-order valence-electron chi connectivity index (χ3n) is 3.31. The predicted molar refractivity (Wildman–Crippen MR) is 85.1 cm³/mol. The average molecular weight is 309 g/mol. The number of ether oxygens (including phenoxy) is 1. The first-order valence-corrected chi connectivity index (χ1v) is 7.02. The molecule has 0 unspecified atom stereocenters. The first kappa shape index (κ1) is 14.8. The summed E-state index contributed by atoms with van der Waals surface area (Å²) in [5, 5.41) is 19.0. The van der Waals surface area contributed by atoms with Gasteiger partial charge < -0.3 is 9.84 Å². The summed E-state index contributed by atoms with van der Waals surface area (Å²) >= 11 is 0. The van der Waals surface area contributed by atoms with E-state index < -0.39 is 5.97 Å². The van der Waals surface area contributed by atoms with E-state index in [1.165, 1.54) is 4.80 Å². The van der Waals surface area contributed by atoms with Gasteiger partial charge in [-0.25, -0.2) is 4.79 Å². The Morgan fingerprint density at radius 2 is 1.96 bits per heavy atom. The van der Waals surface area contributed by atoms with Crippen molar-refractivity contribution in [2.45, 2.75) is 13.5 Å². The molecule has 0 saturated heterocycles. The minimum Gasteiger partial charge on any atom is -0.505 e. The quantitative estimate of drug-likeness (QED) is 0.592. The number of rotatable bonds is 4. The molecule has 2 aromatic carbocycles. The second-order valence-electron chi connectivity index (χ2n) is 5.12. The molecular formula is C17H15N3O3. The van der Waals surface area contributed by atoms with Crippen LogP contribution in [0, 0.1) is 0 Å². The van der Waals surface area contributed by atoms with Crippen molar-refractivity contribution in [2.24, 2.45) is 0 Å². The van der Waals surface area contributed by atoms with E-state index in [0.717, 1.165) is 5.69 Å². The van der Waals surface area contributed by atoms with Gasteiger partial charge in [0.15, 0.2) is 11.3 Å². The van der Waals surface area contributed by atoms with Crippen molar-refractivity contribution in [3.63, 3.8) is 0 Å². The summed E-state index contributed by atoms with van der Waals surface area (Å²) in [6, 6.07) is 12.8. The van der Waals surface area contributed by atoms with Crippen molar-refractivity contribution in [3.05, 3.63) is 60.2 Å². The van der Waals surface area contributed by atoms with Crippen LogP contribution in [0.3, 0.4) is 0 Å². The fraction of sp³-hybridized carbons (Fsp3) is 0.118. The lowest BCUT2D eigenvalue weighted by Crippen LogP contribution is -2.05. The third-order valence-corrected chi connectivity index (χ3v) is 3.31. The van der Waals surface area contributed by atoms with Crippen LogP contribution in [0.5, 0.6) is 5.75 Å². The smallest absolute Gasteiger partial charge is 0.333 e. The maximum absolute atomic E-state index is 11.4. The lowest BCUT2D eigenvalue weighted by Gasteiger charge is -2.06. The number of carbonyl (C=O) groups excluding carboxylic acids is 1. The number of hydrogen-bond donors (Lipinski definition) is 1. The molecule has 3 aromatic rings. The molecule has 6 nitrogen and oxygen atoms in total. The van der Waals surface area contributed by atoms with E-state index in [9.17, 15) is 9.90 Å². The Kier molecular flexibility index (Phi) is 3.80. The maximum Gasteiger partial charge on any atom is 0.333 e. The number of esters is 1. The molecule has 0 aliphatic carbocycles. The van der Waals surface area contributed by atoms with Crippen LogP contribution in [-0.4, -0.2) is 26.1 Å². The van der Waals surface area contributed by atoms with Gasteiger partial charge in [0, 0.05) is 11.1 Å². The van der Waals surface area contributed by atoms with Gasteiger partial charge in [0.2, 0.25) is 0 Å². The Bertz CT molecular complexity index is 885. The molecule has 0 aliphatic rings. The first-order valence-electron chi connectivity index (χ1n) is 7.02. The molecule has 0 spiro atoms. The van der Waals surface area contributed by atoms with Gasteiger partial charge in [-0.15, -0.1) is 10.2 Å². The molecule has 3 rings (SSSR count). The SMILES string of the molecule is C=C(C)C(=O)OCc1ccc2nn(-c3ccccc3)nc2c1O. The largest absolute Gasteiger partial charge is 0.505 e. The Morgan fingerprint density at radius 3 is 2.65 bits per heavy atom. The fourth-order valence-electron chi connectivity index (χ4n) is 2.07. The number of aromatic nitrogens is 3. The standard InChI is InChI=1S/C17H15N3O3/c1-11(2)17(22)23-10-12-8-9-14-15(16(12)21)19-20(18-14)13-6-4-3-5-7-13/h3-9,21H,1,10H2,2H3. The second-order valence-corrected chi connectivity index (χ2v) is 5.12. The number of nitrogens with zero attached hydrogens (tertiary/aromatic N) is 3. The Morgan fingerprint density at radius 1 is 1.22 bits per heavy atom. The van der Waals surface area contributed by atoms with Gasteiger partial charge in [-0.1, -0.05) is 24.8 Å². The molecule has 1 N–H and O–H groups in total. The summed E-state index contributed by atoms with van der Waals surface area (Å²) in [5.41, 5.74) is 2.48. The first-order chi connectivity index (χ1) is 11.1. The molecule has 0 fully saturated rings. The van der Waals surface area contributed by atoms with Crippen molar-refractivity contribution < 1.29 is 14.6 Å². The lowest BCUT2D eigenvalue weighted by molar-refractivity contribution is -0.140. The molecule has 116 valence electrons. The fourth-order valence-corrected chi connectivity index (χ4v) is 2.07. The van der Waals surface area contributed by atoms with E-state index in [0.29, 0.717) is 22.2 Å². The van der Waals surface area contributed by atoms with Crippen LogP contribution in [0.4, 0.5) is 0 Å². The summed E-state index contributed by atoms with van der Waals surface area (Å²) in [5.74, 6) is -0.545. The Labute approximate surface area is 132 Å². The van der Waals surface area contributed by atoms with E-state index in [1.54, 1.807) is 19.1 Å². The number of hydrogen-bond acceptors (Lipinski definition) is 5. The minimum absolute atomic E-state index is 0.0424. The summed E-state index contributed by atoms with van der Waals surface area (Å²) in [6.45, 7) is 5.03. The zero-order valence-corrected chi connectivity index (χ0v) is 12.6. The van der Waals surface area contributed by atoms with Crippen molar-refractivity contribution in [1.29, 1.82) is 0 Å². The Hall–Kier alpha value is -3.15. The second kappa shape index (κ2) is 5.92. The van der Waals surface area contributed by atoms with Crippen molar-refractivity contribution in [2.75, 3.05) is 0 Å². The molecule has 1 aromatic heterocycles. The average Bonchev–Trinajstić information content (AvgIpc) is 3.00. The number of benzene rings is 2. The topological polar surface area (TPSA) is 77.2 Å². The highest BCUT2D eigenvalue weighted by molar-refractivity contribution is 5.87. The summed E-state index contributed by atoms with van der Waals surface area (Å²) in [4.78, 5) is 12.9. The van der Waals surface area contributed by atoms with Crippen molar-refractivity contribution in [3.8, 4) is 11.4 Å². The van der Waals surface area contributed by atoms with Gasteiger partial charge in [-0.2, -0.15) is 4.80 Å². The van der Waals surface area contributed by atoms with Gasteiger partial charge in [-0.05, 0) is 31.2 Å². The number of phenolic OH excluding ortho intramolecular Hbond substituents is 1. The highest BCUT2D eigenvalue weighted by atomic mass is 16.5. The van der Waals surface area contributed by atoms with E-state index >= 15 is 0 Å². The van der Waals surface area contributed by atoms with Gasteiger partial charge >= 0.3 is 5.97 Å². The molecule has 0 atom stereocenters. The van der Waals surface area contributed by atoms with E-state index in [4.69, 9.17) is 4.74 Å². The lowest BCUT2D eigenvalue weighted by atomic mass is 10.2. The zero-order valence-electron chi connectivity index (χ0n) is 12.6. The minimum atomic E-state index is -0.502. The number of para-hydroxylation sites is 1. The highest BCUT2D eigenvalue weighted by Crippen LogP contribution is 2.27. The molecule has 0 aliphatic heterocycles. The molecule has 1 heterocycles. The van der Waals surface area contributed by atoms with E-state index in [2.05, 4.69) is 16.8 Å². The van der Waals surface area contributed by atoms with Crippen LogP contribution in [0.1, 0.15) is 12.5 Å². The van der Waals surface area contributed by atoms with Crippen molar-refractivity contribution >= 4 is 17.0 Å². The van der Waals surface area contributed by atoms with Crippen LogP contribution in [0.25, 0.3) is 16.7 Å². The number of phenols is 1. The summed E-state index contributed by atoms with van der Waals surface area (Å²) in [6.07, 6.45) is 0. The van der Waals surface area contributed by atoms with Gasteiger partial charge in [0.1, 0.15) is 12.1 Å². The van der Waals surface area contributed by atoms with Crippen LogP contribution >= 0.6 is 0 Å². The van der Waals surface area contributed by atoms with Gasteiger partial charge in [0.05, 0.1) is 5.69 Å². The van der Waals surface area contributed by atoms with Crippen LogP contribution in [-0.2, 0) is 16.1 Å². The van der Waals surface area contributed by atoms with Crippen LogP contribution < -0.4 is 0 Å². The maximum atomic E-state index is 11.4. The number of carbonyl (C=O) groups is 1. The van der Waals surface area contributed by atoms with Crippen molar-refractivity contribution in [1.82, 2.24) is 15.0 Å². The normalized spacial score (nSPS) is 10.7. The van der Waals surface area contributed by atoms with E-state index in [1.807, 2.05) is 30.3 Å². The summed E-state index contributed by atoms with van der Waals surface area (Å²) < 4.78 is 5.06. The monoisotopic (exact) mass is 309 g/mol. The Balaban J connectivity index is 1.93. The van der Waals surface area contributed by atoms with Crippen LogP contribution in [0.15, 0.2) is 54.6 Å². The zero-order chi connectivity index (χ0) is 16.4. The predicted octanol–water partition coefficient (Wildman–Crippen LogP) is 2.75. The molecule has 0 radical (unpaired) electrons. The van der Waals surface area contributed by atoms with Gasteiger partial charge in [-0.3, -0.25) is 0 Å². The molecule has 0 amide bonds. The molecular weight excluding hydrogens is 294 g/mol. The van der Waals surface area contributed by atoms with E-state index in [-0.39, 0.29) is 12.4 Å². The van der Waals surface area contributed by atoms with Crippen LogP contribution in [0.2, 0.25) is 0 Å². The summed E-state index contributed by atoms with van der Waals surface area (Å²) in [7, 11) is 0. The highest BCUT2D eigenvalue weighted by Gasteiger charge is 2.14. The molecule has 23 heavy (non-hydrogen) atoms. The number of fused-ring (bicyclic) bond motifs is 1. The molecule has 0 bridgehead atoms.